The van der Waals surface area contributed by atoms with E-state index in [1.54, 1.807) is 0 Å². The minimum Gasteiger partial charge on any atom is -0.789 e. The normalized spacial score (nSPS) is 58.9. The Bertz CT molecular complexity index is 490. The zero-order chi connectivity index (χ0) is 16.4. The Morgan fingerprint density at radius 3 is 2.39 bits per heavy atom. The third-order valence-electron chi connectivity index (χ3n) is 8.98. The molecule has 1 N–H and O–H groups in total. The van der Waals surface area contributed by atoms with E-state index in [4.69, 9.17) is 12.6 Å². The Morgan fingerprint density at radius 2 is 1.65 bits per heavy atom. The topological polar surface area (TPSA) is 20.2 Å². The lowest BCUT2D eigenvalue weighted by Crippen LogP contribution is -2.57. The summed E-state index contributed by atoms with van der Waals surface area (Å²) in [5.41, 5.74) is 0.873. The van der Waals surface area contributed by atoms with E-state index in [2.05, 4.69) is 26.5 Å². The average Bonchev–Trinajstić information content (AvgIpc) is 2.86. The molecule has 0 bridgehead atoms. The van der Waals surface area contributed by atoms with E-state index in [9.17, 15) is 5.11 Å². The molecular formula is C21H33OS-. The number of fused-ring (bicyclic) bond motifs is 5. The fourth-order valence-corrected chi connectivity index (χ4v) is 8.32. The summed E-state index contributed by atoms with van der Waals surface area (Å²) in [5, 5.41) is 10.6. The van der Waals surface area contributed by atoms with Gasteiger partial charge in [-0.3, -0.25) is 0 Å². The van der Waals surface area contributed by atoms with Crippen LogP contribution in [-0.4, -0.2) is 16.5 Å². The first-order valence-electron chi connectivity index (χ1n) is 9.86. The second-order valence-corrected chi connectivity index (χ2v) is 10.3. The number of aliphatic hydroxyl groups is 1. The van der Waals surface area contributed by atoms with E-state index in [1.807, 2.05) is 0 Å². The summed E-state index contributed by atoms with van der Waals surface area (Å²) >= 11 is 6.00. The fraction of sp³-hybridized carbons (Fsp3) is 0.905. The largest absolute Gasteiger partial charge is 0.789 e. The van der Waals surface area contributed by atoms with Gasteiger partial charge in [0.05, 0.1) is 6.10 Å². The van der Waals surface area contributed by atoms with Crippen LogP contribution in [0.4, 0.5) is 0 Å². The fourth-order valence-electron chi connectivity index (χ4n) is 7.68. The van der Waals surface area contributed by atoms with E-state index in [1.165, 1.54) is 38.5 Å². The SMILES string of the molecule is C=CC1CCC2C3CC([S-])C4CC(O)CCC4(C)C3CCC12C. The molecule has 2 heteroatoms. The van der Waals surface area contributed by atoms with Crippen molar-refractivity contribution in [2.75, 3.05) is 0 Å². The maximum absolute atomic E-state index is 10.2. The second-order valence-electron chi connectivity index (χ2n) is 9.66. The Balaban J connectivity index is 1.66. The van der Waals surface area contributed by atoms with E-state index >= 15 is 0 Å². The maximum Gasteiger partial charge on any atom is 0.0542 e. The standard InChI is InChI=1S/C21H34OS/c1-4-13-5-6-16-15-12-19(23)18-11-14(22)7-9-21(18,3)17(15)8-10-20(13,16)2/h4,13-19,22-23H,1,5-12H2,2-3H3/p-1. The highest BCUT2D eigenvalue weighted by atomic mass is 32.1. The van der Waals surface area contributed by atoms with E-state index < -0.39 is 0 Å². The van der Waals surface area contributed by atoms with Crippen molar-refractivity contribution in [3.05, 3.63) is 12.7 Å². The van der Waals surface area contributed by atoms with Crippen LogP contribution in [0.3, 0.4) is 0 Å². The third-order valence-corrected chi connectivity index (χ3v) is 9.51. The van der Waals surface area contributed by atoms with Crippen molar-refractivity contribution in [2.45, 2.75) is 76.6 Å². The number of hydrogen-bond acceptors (Lipinski definition) is 2. The highest BCUT2D eigenvalue weighted by molar-refractivity contribution is 7.59. The first kappa shape index (κ1) is 16.5. The van der Waals surface area contributed by atoms with Crippen molar-refractivity contribution in [3.63, 3.8) is 0 Å². The molecule has 4 aliphatic rings. The first-order chi connectivity index (χ1) is 10.9. The third kappa shape index (κ3) is 2.23. The van der Waals surface area contributed by atoms with Crippen molar-refractivity contribution in [1.29, 1.82) is 0 Å². The molecule has 0 aromatic heterocycles. The average molecular weight is 334 g/mol. The van der Waals surface area contributed by atoms with Crippen LogP contribution in [0.5, 0.6) is 0 Å². The molecule has 1 nitrogen and oxygen atoms in total. The van der Waals surface area contributed by atoms with Crippen molar-refractivity contribution < 1.29 is 5.11 Å². The second kappa shape index (κ2) is 5.53. The molecule has 0 radical (unpaired) electrons. The highest BCUT2D eigenvalue weighted by Gasteiger charge is 2.59. The molecule has 4 rings (SSSR count). The summed E-state index contributed by atoms with van der Waals surface area (Å²) in [7, 11) is 0. The van der Waals surface area contributed by atoms with Crippen LogP contribution in [0.25, 0.3) is 0 Å². The molecule has 0 aromatic carbocycles. The Hall–Kier alpha value is 0.0500. The van der Waals surface area contributed by atoms with Crippen molar-refractivity contribution in [2.24, 2.45) is 40.4 Å². The van der Waals surface area contributed by atoms with Gasteiger partial charge >= 0.3 is 0 Å². The predicted molar refractivity (Wildman–Crippen MR) is 98.0 cm³/mol. The minimum absolute atomic E-state index is 0.0967. The van der Waals surface area contributed by atoms with Gasteiger partial charge in [-0.05, 0) is 79.4 Å². The van der Waals surface area contributed by atoms with Crippen LogP contribution < -0.4 is 0 Å². The van der Waals surface area contributed by atoms with Crippen LogP contribution in [0.2, 0.25) is 0 Å². The summed E-state index contributed by atoms with van der Waals surface area (Å²) in [6.45, 7) is 9.21. The summed E-state index contributed by atoms with van der Waals surface area (Å²) in [4.78, 5) is 0. The van der Waals surface area contributed by atoms with Crippen molar-refractivity contribution >= 4 is 12.6 Å². The van der Waals surface area contributed by atoms with Crippen LogP contribution in [0, 0.1) is 40.4 Å². The number of hydrogen-bond donors (Lipinski definition) is 1. The molecule has 0 spiro atoms. The quantitative estimate of drug-likeness (QED) is 0.553. The van der Waals surface area contributed by atoms with Gasteiger partial charge in [0.25, 0.3) is 0 Å². The summed E-state index contributed by atoms with van der Waals surface area (Å²) in [6.07, 6.45) is 12.0. The van der Waals surface area contributed by atoms with Crippen LogP contribution in [-0.2, 0) is 12.6 Å². The van der Waals surface area contributed by atoms with E-state index in [0.717, 1.165) is 36.5 Å². The van der Waals surface area contributed by atoms with Gasteiger partial charge < -0.3 is 17.7 Å². The minimum atomic E-state index is -0.0967. The monoisotopic (exact) mass is 333 g/mol. The summed E-state index contributed by atoms with van der Waals surface area (Å²) in [5.74, 6) is 3.83. The lowest BCUT2D eigenvalue weighted by Gasteiger charge is -2.65. The summed E-state index contributed by atoms with van der Waals surface area (Å²) in [6, 6.07) is 0. The Labute approximate surface area is 147 Å². The molecule has 130 valence electrons. The lowest BCUT2D eigenvalue weighted by atomic mass is 9.44. The van der Waals surface area contributed by atoms with E-state index in [-0.39, 0.29) is 6.10 Å². The Morgan fingerprint density at radius 1 is 0.957 bits per heavy atom. The van der Waals surface area contributed by atoms with Gasteiger partial charge in [-0.2, -0.15) is 5.25 Å². The molecule has 0 amide bonds. The van der Waals surface area contributed by atoms with E-state index in [0.29, 0.717) is 22.0 Å². The van der Waals surface area contributed by atoms with Crippen LogP contribution in [0.15, 0.2) is 12.7 Å². The first-order valence-corrected chi connectivity index (χ1v) is 10.3. The molecule has 23 heavy (non-hydrogen) atoms. The van der Waals surface area contributed by atoms with Crippen LogP contribution >= 0.6 is 0 Å². The maximum atomic E-state index is 10.2. The van der Waals surface area contributed by atoms with Gasteiger partial charge in [-0.1, -0.05) is 32.3 Å². The number of aliphatic hydroxyl groups excluding tert-OH is 1. The molecule has 4 saturated carbocycles. The molecule has 0 aliphatic heterocycles. The molecule has 4 fully saturated rings. The van der Waals surface area contributed by atoms with Gasteiger partial charge in [0.1, 0.15) is 0 Å². The number of rotatable bonds is 1. The Kier molecular flexibility index (Phi) is 3.97. The molecule has 0 heterocycles. The van der Waals surface area contributed by atoms with Gasteiger partial charge in [-0.15, -0.1) is 6.58 Å². The molecule has 4 aliphatic carbocycles. The van der Waals surface area contributed by atoms with Gasteiger partial charge in [-0.25, -0.2) is 0 Å². The molecular weight excluding hydrogens is 300 g/mol. The van der Waals surface area contributed by atoms with Crippen molar-refractivity contribution in [1.82, 2.24) is 0 Å². The number of allylic oxidation sites excluding steroid dienone is 1. The highest BCUT2D eigenvalue weighted by Crippen LogP contribution is 2.67. The van der Waals surface area contributed by atoms with Gasteiger partial charge in [0.15, 0.2) is 0 Å². The molecule has 0 aromatic rings. The molecule has 0 saturated heterocycles. The molecule has 9 atom stereocenters. The van der Waals surface area contributed by atoms with Gasteiger partial charge in [0, 0.05) is 0 Å². The zero-order valence-corrected chi connectivity index (χ0v) is 15.7. The lowest BCUT2D eigenvalue weighted by molar-refractivity contribution is -0.121. The molecule has 9 unspecified atom stereocenters. The predicted octanol–water partition coefficient (Wildman–Crippen LogP) is 4.72. The van der Waals surface area contributed by atoms with Crippen LogP contribution in [0.1, 0.15) is 65.2 Å². The smallest absolute Gasteiger partial charge is 0.0542 e. The zero-order valence-electron chi connectivity index (χ0n) is 14.8. The van der Waals surface area contributed by atoms with Gasteiger partial charge in [0.2, 0.25) is 0 Å². The summed E-state index contributed by atoms with van der Waals surface area (Å²) < 4.78 is 0. The van der Waals surface area contributed by atoms with Crippen molar-refractivity contribution in [3.8, 4) is 0 Å².